The first-order valence-corrected chi connectivity index (χ1v) is 9.34. The van der Waals surface area contributed by atoms with Crippen LogP contribution in [-0.4, -0.2) is 45.7 Å². The Morgan fingerprint density at radius 2 is 2.00 bits per heavy atom. The molecular weight excluding hydrogens is 332 g/mol. The number of hydrogen-bond donors (Lipinski definition) is 1. The van der Waals surface area contributed by atoms with Crippen LogP contribution >= 0.6 is 23.1 Å². The number of thiazole rings is 1. The van der Waals surface area contributed by atoms with Gasteiger partial charge in [0, 0.05) is 25.3 Å². The van der Waals surface area contributed by atoms with E-state index in [0.29, 0.717) is 18.8 Å². The van der Waals surface area contributed by atoms with Crippen LogP contribution in [0.4, 0.5) is 0 Å². The summed E-state index contributed by atoms with van der Waals surface area (Å²) in [6.07, 6.45) is 0.0366. The molecule has 5 nitrogen and oxygen atoms in total. The summed E-state index contributed by atoms with van der Waals surface area (Å²) in [4.78, 5) is 29.7. The Morgan fingerprint density at radius 3 is 2.61 bits per heavy atom. The minimum atomic E-state index is -0.931. The molecule has 0 radical (unpaired) electrons. The Hall–Kier alpha value is -1.60. The largest absolute Gasteiger partial charge is 0.481 e. The van der Waals surface area contributed by atoms with E-state index in [1.54, 1.807) is 16.2 Å². The van der Waals surface area contributed by atoms with Crippen molar-refractivity contribution in [3.8, 4) is 0 Å². The summed E-state index contributed by atoms with van der Waals surface area (Å²) in [7, 11) is 0. The van der Waals surface area contributed by atoms with E-state index in [1.807, 2.05) is 38.1 Å². The summed E-state index contributed by atoms with van der Waals surface area (Å²) in [6.45, 7) is 5.00. The number of rotatable bonds is 8. The topological polar surface area (TPSA) is 70.5 Å². The number of aliphatic carboxylic acids is 1. The molecule has 2 aromatic rings. The quantitative estimate of drug-likeness (QED) is 0.738. The number of carbonyl (C=O) groups is 2. The smallest absolute Gasteiger partial charge is 0.307 e. The summed E-state index contributed by atoms with van der Waals surface area (Å²) < 4.78 is 1.92. The molecule has 0 aliphatic carbocycles. The van der Waals surface area contributed by atoms with Gasteiger partial charge in [-0.1, -0.05) is 23.9 Å². The third-order valence-corrected chi connectivity index (χ3v) is 5.91. The predicted octanol–water partition coefficient (Wildman–Crippen LogP) is 3.35. The van der Waals surface area contributed by atoms with Crippen LogP contribution in [0.3, 0.4) is 0 Å². The Kier molecular flexibility index (Phi) is 6.41. The van der Waals surface area contributed by atoms with E-state index in [2.05, 4.69) is 4.98 Å². The molecule has 1 atom stereocenters. The van der Waals surface area contributed by atoms with Crippen molar-refractivity contribution < 1.29 is 14.7 Å². The fourth-order valence-electron chi connectivity index (χ4n) is 2.22. The van der Waals surface area contributed by atoms with Gasteiger partial charge in [-0.2, -0.15) is 0 Å². The monoisotopic (exact) mass is 352 g/mol. The van der Waals surface area contributed by atoms with Crippen molar-refractivity contribution in [2.45, 2.75) is 24.6 Å². The third-order valence-electron chi connectivity index (χ3n) is 3.57. The standard InChI is InChI=1S/C16H20N2O3S2/c1-3-18(4-2)14(19)9-11(15(20)21)10-22-16-17-12-7-5-6-8-13(12)23-16/h5-8,11H,3-4,9-10H2,1-2H3,(H,20,21). The molecule has 2 rings (SSSR count). The fraction of sp³-hybridized carbons (Fsp3) is 0.438. The van der Waals surface area contributed by atoms with Crippen LogP contribution in [0.1, 0.15) is 20.3 Å². The van der Waals surface area contributed by atoms with Gasteiger partial charge in [-0.3, -0.25) is 9.59 Å². The van der Waals surface area contributed by atoms with Gasteiger partial charge >= 0.3 is 5.97 Å². The summed E-state index contributed by atoms with van der Waals surface area (Å²) in [5.41, 5.74) is 0.922. The molecule has 1 aromatic heterocycles. The van der Waals surface area contributed by atoms with E-state index >= 15 is 0 Å². The average molecular weight is 352 g/mol. The van der Waals surface area contributed by atoms with Crippen molar-refractivity contribution in [1.82, 2.24) is 9.88 Å². The summed E-state index contributed by atoms with van der Waals surface area (Å²) in [6, 6.07) is 7.82. The van der Waals surface area contributed by atoms with Gasteiger partial charge in [-0.05, 0) is 26.0 Å². The van der Waals surface area contributed by atoms with Crippen molar-refractivity contribution in [3.05, 3.63) is 24.3 Å². The second kappa shape index (κ2) is 8.31. The van der Waals surface area contributed by atoms with Crippen molar-refractivity contribution in [2.24, 2.45) is 5.92 Å². The minimum Gasteiger partial charge on any atom is -0.481 e. The number of aromatic nitrogens is 1. The molecule has 1 unspecified atom stereocenters. The maximum atomic E-state index is 12.1. The molecule has 0 aliphatic rings. The van der Waals surface area contributed by atoms with Gasteiger partial charge in [0.25, 0.3) is 0 Å². The highest BCUT2D eigenvalue weighted by molar-refractivity contribution is 8.01. The first-order valence-electron chi connectivity index (χ1n) is 7.54. The van der Waals surface area contributed by atoms with Gasteiger partial charge in [0.15, 0.2) is 4.34 Å². The molecule has 7 heteroatoms. The number of para-hydroxylation sites is 1. The number of carboxylic acids is 1. The van der Waals surface area contributed by atoms with Crippen molar-refractivity contribution in [1.29, 1.82) is 0 Å². The van der Waals surface area contributed by atoms with Crippen LogP contribution in [-0.2, 0) is 9.59 Å². The van der Waals surface area contributed by atoms with Crippen LogP contribution < -0.4 is 0 Å². The van der Waals surface area contributed by atoms with E-state index in [0.717, 1.165) is 14.6 Å². The van der Waals surface area contributed by atoms with Gasteiger partial charge in [0.1, 0.15) is 0 Å². The number of hydrogen-bond acceptors (Lipinski definition) is 5. The minimum absolute atomic E-state index is 0.0366. The number of nitrogens with zero attached hydrogens (tertiary/aromatic N) is 2. The van der Waals surface area contributed by atoms with Gasteiger partial charge < -0.3 is 10.0 Å². The van der Waals surface area contributed by atoms with Crippen LogP contribution in [0.2, 0.25) is 0 Å². The number of thioether (sulfide) groups is 1. The molecule has 0 bridgehead atoms. The predicted molar refractivity (Wildman–Crippen MR) is 94.0 cm³/mol. The lowest BCUT2D eigenvalue weighted by Crippen LogP contribution is -2.34. The van der Waals surface area contributed by atoms with E-state index in [1.165, 1.54) is 11.8 Å². The lowest BCUT2D eigenvalue weighted by atomic mass is 10.1. The SMILES string of the molecule is CCN(CC)C(=O)CC(CSc1nc2ccccc2s1)C(=O)O. The molecule has 1 amide bonds. The van der Waals surface area contributed by atoms with Crippen molar-refractivity contribution >= 4 is 45.2 Å². The summed E-state index contributed by atoms with van der Waals surface area (Å²) >= 11 is 2.96. The van der Waals surface area contributed by atoms with Gasteiger partial charge in [0.2, 0.25) is 5.91 Å². The van der Waals surface area contributed by atoms with E-state index in [9.17, 15) is 14.7 Å². The molecule has 1 heterocycles. The number of benzene rings is 1. The second-order valence-electron chi connectivity index (χ2n) is 5.06. The first kappa shape index (κ1) is 17.7. The van der Waals surface area contributed by atoms with Crippen molar-refractivity contribution in [2.75, 3.05) is 18.8 Å². The highest BCUT2D eigenvalue weighted by Gasteiger charge is 2.24. The molecule has 0 spiro atoms. The normalized spacial score (nSPS) is 12.3. The van der Waals surface area contributed by atoms with Crippen molar-refractivity contribution in [3.63, 3.8) is 0 Å². The summed E-state index contributed by atoms with van der Waals surface area (Å²) in [5.74, 6) is -1.38. The second-order valence-corrected chi connectivity index (χ2v) is 7.36. The average Bonchev–Trinajstić information content (AvgIpc) is 2.95. The lowest BCUT2D eigenvalue weighted by molar-refractivity contribution is -0.145. The molecule has 0 saturated heterocycles. The van der Waals surface area contributed by atoms with Gasteiger partial charge in [-0.15, -0.1) is 11.3 Å². The molecule has 23 heavy (non-hydrogen) atoms. The van der Waals surface area contributed by atoms with Crippen LogP contribution in [0.5, 0.6) is 0 Å². The molecule has 1 aromatic carbocycles. The van der Waals surface area contributed by atoms with Crippen LogP contribution in [0.15, 0.2) is 28.6 Å². The Morgan fingerprint density at radius 1 is 1.30 bits per heavy atom. The Labute approximate surface area is 143 Å². The Balaban J connectivity index is 1.99. The first-order chi connectivity index (χ1) is 11.0. The maximum absolute atomic E-state index is 12.1. The van der Waals surface area contributed by atoms with Crippen LogP contribution in [0, 0.1) is 5.92 Å². The van der Waals surface area contributed by atoms with E-state index in [4.69, 9.17) is 0 Å². The van der Waals surface area contributed by atoms with Gasteiger partial charge in [-0.25, -0.2) is 4.98 Å². The number of fused-ring (bicyclic) bond motifs is 1. The third kappa shape index (κ3) is 4.68. The van der Waals surface area contributed by atoms with Gasteiger partial charge in [0.05, 0.1) is 16.1 Å². The Bertz CT molecular complexity index is 650. The lowest BCUT2D eigenvalue weighted by Gasteiger charge is -2.20. The number of amides is 1. The number of carbonyl (C=O) groups excluding carboxylic acids is 1. The highest BCUT2D eigenvalue weighted by Crippen LogP contribution is 2.31. The molecule has 0 fully saturated rings. The zero-order valence-electron chi connectivity index (χ0n) is 13.2. The molecule has 1 N–H and O–H groups in total. The molecule has 124 valence electrons. The zero-order valence-corrected chi connectivity index (χ0v) is 14.8. The molecule has 0 saturated carbocycles. The maximum Gasteiger partial charge on any atom is 0.307 e. The fourth-order valence-corrected chi connectivity index (χ4v) is 4.39. The molecule has 0 aliphatic heterocycles. The van der Waals surface area contributed by atoms with E-state index < -0.39 is 11.9 Å². The van der Waals surface area contributed by atoms with E-state index in [-0.39, 0.29) is 12.3 Å². The molecular formula is C16H20N2O3S2. The van der Waals surface area contributed by atoms with Crippen LogP contribution in [0.25, 0.3) is 10.2 Å². The highest BCUT2D eigenvalue weighted by atomic mass is 32.2. The zero-order chi connectivity index (χ0) is 16.8. The number of carboxylic acid groups (broad SMARTS) is 1. The summed E-state index contributed by atoms with van der Waals surface area (Å²) in [5, 5.41) is 9.37.